The summed E-state index contributed by atoms with van der Waals surface area (Å²) in [6.07, 6.45) is -6.01. The number of methoxy groups -OCH3 is 1. The van der Waals surface area contributed by atoms with Crippen molar-refractivity contribution < 1.29 is 23.0 Å². The second-order valence-corrected chi connectivity index (χ2v) is 4.51. The third-order valence-electron chi connectivity index (χ3n) is 2.80. The van der Waals surface area contributed by atoms with E-state index in [0.29, 0.717) is 0 Å². The van der Waals surface area contributed by atoms with Gasteiger partial charge >= 0.3 is 6.18 Å². The number of alkyl halides is 3. The fourth-order valence-electron chi connectivity index (χ4n) is 1.85. The third kappa shape index (κ3) is 3.46. The molecule has 1 N–H and O–H groups in total. The minimum Gasteiger partial charge on any atom is -0.386 e. The first kappa shape index (κ1) is 15.0. The van der Waals surface area contributed by atoms with Crippen molar-refractivity contribution in [2.45, 2.75) is 32.2 Å². The van der Waals surface area contributed by atoms with Crippen LogP contribution in [0.1, 0.15) is 31.1 Å². The maximum Gasteiger partial charge on any atom is 0.416 e. The normalized spacial score (nSPS) is 15.8. The van der Waals surface area contributed by atoms with Crippen LogP contribution in [0.5, 0.6) is 0 Å². The molecule has 0 amide bonds. The van der Waals surface area contributed by atoms with Gasteiger partial charge in [0.15, 0.2) is 0 Å². The molecule has 5 heteroatoms. The van der Waals surface area contributed by atoms with Gasteiger partial charge in [0, 0.05) is 7.11 Å². The topological polar surface area (TPSA) is 29.5 Å². The van der Waals surface area contributed by atoms with Gasteiger partial charge in [0.05, 0.1) is 11.7 Å². The number of rotatable bonds is 4. The number of halogens is 3. The number of hydrogen-bond acceptors (Lipinski definition) is 2. The fourth-order valence-corrected chi connectivity index (χ4v) is 1.85. The van der Waals surface area contributed by atoms with Crippen LogP contribution in [-0.4, -0.2) is 18.3 Å². The molecule has 0 bridgehead atoms. The van der Waals surface area contributed by atoms with E-state index in [9.17, 15) is 18.3 Å². The van der Waals surface area contributed by atoms with Crippen molar-refractivity contribution in [3.05, 3.63) is 35.4 Å². The molecule has 0 aromatic heterocycles. The molecule has 0 aliphatic carbocycles. The van der Waals surface area contributed by atoms with Gasteiger partial charge in [-0.25, -0.2) is 0 Å². The minimum absolute atomic E-state index is 0.000423. The van der Waals surface area contributed by atoms with Gasteiger partial charge in [0.25, 0.3) is 0 Å². The van der Waals surface area contributed by atoms with Crippen molar-refractivity contribution in [1.29, 1.82) is 0 Å². The van der Waals surface area contributed by atoms with Gasteiger partial charge < -0.3 is 9.84 Å². The van der Waals surface area contributed by atoms with Gasteiger partial charge in [0.2, 0.25) is 0 Å². The molecule has 1 aromatic carbocycles. The maximum atomic E-state index is 12.6. The molecule has 0 radical (unpaired) electrons. The highest BCUT2D eigenvalue weighted by molar-refractivity contribution is 5.27. The van der Waals surface area contributed by atoms with Crippen LogP contribution in [0, 0.1) is 5.92 Å². The molecule has 0 saturated carbocycles. The van der Waals surface area contributed by atoms with Gasteiger partial charge in [-0.05, 0) is 23.6 Å². The molecule has 2 unspecified atom stereocenters. The summed E-state index contributed by atoms with van der Waals surface area (Å²) < 4.78 is 42.8. The van der Waals surface area contributed by atoms with Crippen LogP contribution in [0.15, 0.2) is 24.3 Å². The zero-order valence-corrected chi connectivity index (χ0v) is 10.5. The summed E-state index contributed by atoms with van der Waals surface area (Å²) in [6, 6.07) is 4.69. The highest BCUT2D eigenvalue weighted by Crippen LogP contribution is 2.32. The van der Waals surface area contributed by atoms with Gasteiger partial charge in [-0.15, -0.1) is 0 Å². The van der Waals surface area contributed by atoms with Crippen LogP contribution >= 0.6 is 0 Å². The Kier molecular flexibility index (Phi) is 4.76. The molecular formula is C13H17F3O2. The number of benzene rings is 1. The second kappa shape index (κ2) is 5.71. The Morgan fingerprint density at radius 1 is 1.22 bits per heavy atom. The van der Waals surface area contributed by atoms with E-state index in [0.717, 1.165) is 12.1 Å². The quantitative estimate of drug-likeness (QED) is 0.901. The Morgan fingerprint density at radius 3 is 2.28 bits per heavy atom. The predicted octanol–water partition coefficient (Wildman–Crippen LogP) is 3.41. The standard InChI is InChI=1S/C13H17F3O2/c1-8(2)12(18-3)11(17)9-5-4-6-10(7-9)13(14,15)16/h4-8,11-12,17H,1-3H3. The van der Waals surface area contributed by atoms with Crippen LogP contribution in [0.3, 0.4) is 0 Å². The SMILES string of the molecule is COC(C(C)C)C(O)c1cccc(C(F)(F)F)c1. The minimum atomic E-state index is -4.41. The molecule has 2 atom stereocenters. The molecule has 18 heavy (non-hydrogen) atoms. The first-order chi connectivity index (χ1) is 8.27. The lowest BCUT2D eigenvalue weighted by Crippen LogP contribution is -2.26. The Morgan fingerprint density at radius 2 is 1.83 bits per heavy atom. The van der Waals surface area contributed by atoms with E-state index in [1.807, 2.05) is 13.8 Å². The molecule has 0 fully saturated rings. The smallest absolute Gasteiger partial charge is 0.386 e. The maximum absolute atomic E-state index is 12.6. The Bertz CT molecular complexity index is 388. The van der Waals surface area contributed by atoms with Gasteiger partial charge in [-0.1, -0.05) is 26.0 Å². The van der Waals surface area contributed by atoms with Crippen molar-refractivity contribution in [2.75, 3.05) is 7.11 Å². The average molecular weight is 262 g/mol. The average Bonchev–Trinajstić information content (AvgIpc) is 2.28. The Balaban J connectivity index is 3.03. The van der Waals surface area contributed by atoms with Gasteiger partial charge in [-0.2, -0.15) is 13.2 Å². The third-order valence-corrected chi connectivity index (χ3v) is 2.80. The number of aliphatic hydroxyl groups is 1. The number of aliphatic hydroxyl groups excluding tert-OH is 1. The molecule has 0 heterocycles. The van der Waals surface area contributed by atoms with Crippen LogP contribution < -0.4 is 0 Å². The molecule has 0 aliphatic heterocycles. The molecule has 102 valence electrons. The zero-order chi connectivity index (χ0) is 13.9. The Labute approximate surface area is 104 Å². The lowest BCUT2D eigenvalue weighted by atomic mass is 9.95. The van der Waals surface area contributed by atoms with E-state index in [2.05, 4.69) is 0 Å². The van der Waals surface area contributed by atoms with E-state index in [4.69, 9.17) is 4.74 Å². The lowest BCUT2D eigenvalue weighted by molar-refractivity contribution is -0.137. The van der Waals surface area contributed by atoms with E-state index < -0.39 is 23.9 Å². The zero-order valence-electron chi connectivity index (χ0n) is 10.5. The molecule has 1 rings (SSSR count). The molecule has 0 saturated heterocycles. The molecule has 2 nitrogen and oxygen atoms in total. The summed E-state index contributed by atoms with van der Waals surface area (Å²) in [6.45, 7) is 3.68. The van der Waals surface area contributed by atoms with E-state index in [-0.39, 0.29) is 11.5 Å². The highest BCUT2D eigenvalue weighted by atomic mass is 19.4. The van der Waals surface area contributed by atoms with Crippen LogP contribution in [-0.2, 0) is 10.9 Å². The summed E-state index contributed by atoms with van der Waals surface area (Å²) in [5, 5.41) is 10.0. The molecule has 0 aliphatic rings. The van der Waals surface area contributed by atoms with E-state index >= 15 is 0 Å². The van der Waals surface area contributed by atoms with Crippen molar-refractivity contribution >= 4 is 0 Å². The van der Waals surface area contributed by atoms with E-state index in [1.165, 1.54) is 19.2 Å². The van der Waals surface area contributed by atoms with Gasteiger partial charge in [0.1, 0.15) is 6.10 Å². The van der Waals surface area contributed by atoms with Gasteiger partial charge in [-0.3, -0.25) is 0 Å². The Hall–Kier alpha value is -1.07. The van der Waals surface area contributed by atoms with Crippen LogP contribution in [0.2, 0.25) is 0 Å². The molecule has 0 spiro atoms. The summed E-state index contributed by atoms with van der Waals surface area (Å²) in [7, 11) is 1.43. The summed E-state index contributed by atoms with van der Waals surface area (Å²) in [5.74, 6) is -0.000423. The molecular weight excluding hydrogens is 245 g/mol. The first-order valence-corrected chi connectivity index (χ1v) is 5.65. The number of hydrogen-bond donors (Lipinski definition) is 1. The van der Waals surface area contributed by atoms with Crippen molar-refractivity contribution in [3.8, 4) is 0 Å². The fraction of sp³-hybridized carbons (Fsp3) is 0.538. The monoisotopic (exact) mass is 262 g/mol. The first-order valence-electron chi connectivity index (χ1n) is 5.65. The predicted molar refractivity (Wildman–Crippen MR) is 62.0 cm³/mol. The summed E-state index contributed by atoms with van der Waals surface area (Å²) in [5.41, 5.74) is -0.553. The summed E-state index contributed by atoms with van der Waals surface area (Å²) >= 11 is 0. The summed E-state index contributed by atoms with van der Waals surface area (Å²) in [4.78, 5) is 0. The van der Waals surface area contributed by atoms with Crippen molar-refractivity contribution in [3.63, 3.8) is 0 Å². The van der Waals surface area contributed by atoms with Crippen LogP contribution in [0.25, 0.3) is 0 Å². The lowest BCUT2D eigenvalue weighted by Gasteiger charge is -2.25. The highest BCUT2D eigenvalue weighted by Gasteiger charge is 2.32. The number of ether oxygens (including phenoxy) is 1. The van der Waals surface area contributed by atoms with E-state index in [1.54, 1.807) is 0 Å². The largest absolute Gasteiger partial charge is 0.416 e. The molecule has 1 aromatic rings. The second-order valence-electron chi connectivity index (χ2n) is 4.51. The van der Waals surface area contributed by atoms with Crippen LogP contribution in [0.4, 0.5) is 13.2 Å². The van der Waals surface area contributed by atoms with Crippen molar-refractivity contribution in [2.24, 2.45) is 5.92 Å². The van der Waals surface area contributed by atoms with Crippen molar-refractivity contribution in [1.82, 2.24) is 0 Å².